The maximum absolute atomic E-state index is 3.76. The number of nitrogens with zero attached hydrogens (tertiary/aromatic N) is 1. The van der Waals surface area contributed by atoms with Crippen LogP contribution < -0.4 is 5.32 Å². The molecule has 2 aliphatic rings. The second-order valence-electron chi connectivity index (χ2n) is 5.05. The van der Waals surface area contributed by atoms with E-state index in [9.17, 15) is 0 Å². The summed E-state index contributed by atoms with van der Waals surface area (Å²) in [5.74, 6) is 4.05. The first kappa shape index (κ1) is 13.1. The zero-order valence-corrected chi connectivity index (χ0v) is 12.1. The van der Waals surface area contributed by atoms with Gasteiger partial charge in [-0.2, -0.15) is 23.5 Å². The fourth-order valence-corrected chi connectivity index (χ4v) is 5.00. The molecule has 2 heterocycles. The molecule has 0 radical (unpaired) electrons. The van der Waals surface area contributed by atoms with Gasteiger partial charge in [0.05, 0.1) is 0 Å². The number of nitrogens with one attached hydrogen (secondary N) is 1. The average Bonchev–Trinajstić information content (AvgIpc) is 2.76. The van der Waals surface area contributed by atoms with E-state index in [2.05, 4.69) is 47.6 Å². The molecule has 0 bridgehead atoms. The van der Waals surface area contributed by atoms with Crippen molar-refractivity contribution in [1.82, 2.24) is 10.2 Å². The van der Waals surface area contributed by atoms with E-state index < -0.39 is 0 Å². The summed E-state index contributed by atoms with van der Waals surface area (Å²) in [4.78, 5) is 2.58. The van der Waals surface area contributed by atoms with Crippen molar-refractivity contribution in [2.24, 2.45) is 0 Å². The molecule has 2 rings (SSSR count). The second-order valence-corrected chi connectivity index (χ2v) is 7.61. The van der Waals surface area contributed by atoms with E-state index in [1.807, 2.05) is 0 Å². The second kappa shape index (κ2) is 6.53. The van der Waals surface area contributed by atoms with E-state index in [0.29, 0.717) is 6.04 Å². The summed E-state index contributed by atoms with van der Waals surface area (Å²) in [6.07, 6.45) is 1.34. The van der Waals surface area contributed by atoms with Crippen LogP contribution in [-0.2, 0) is 0 Å². The highest BCUT2D eigenvalue weighted by Crippen LogP contribution is 2.23. The molecule has 0 aromatic carbocycles. The van der Waals surface area contributed by atoms with Gasteiger partial charge >= 0.3 is 0 Å². The summed E-state index contributed by atoms with van der Waals surface area (Å²) in [5.41, 5.74) is 0. The van der Waals surface area contributed by atoms with Crippen LogP contribution >= 0.6 is 23.5 Å². The highest BCUT2D eigenvalue weighted by atomic mass is 32.2. The van der Waals surface area contributed by atoms with Crippen LogP contribution in [0.25, 0.3) is 0 Å². The van der Waals surface area contributed by atoms with E-state index in [4.69, 9.17) is 0 Å². The number of hydrogen-bond donors (Lipinski definition) is 1. The first-order chi connectivity index (χ1) is 7.75. The predicted molar refractivity (Wildman–Crippen MR) is 76.7 cm³/mol. The average molecular weight is 260 g/mol. The minimum absolute atomic E-state index is 0.714. The molecule has 0 aromatic heterocycles. The third-order valence-corrected chi connectivity index (χ3v) is 6.31. The van der Waals surface area contributed by atoms with Crippen LogP contribution in [0.4, 0.5) is 0 Å². The Labute approximate surface area is 108 Å². The maximum atomic E-state index is 3.76. The molecule has 4 heteroatoms. The van der Waals surface area contributed by atoms with Gasteiger partial charge in [0.15, 0.2) is 0 Å². The number of hydrogen-bond acceptors (Lipinski definition) is 4. The summed E-state index contributed by atoms with van der Waals surface area (Å²) in [7, 11) is 0. The number of rotatable bonds is 4. The normalized spacial score (nSPS) is 32.4. The highest BCUT2D eigenvalue weighted by Gasteiger charge is 2.24. The zero-order valence-electron chi connectivity index (χ0n) is 10.4. The molecule has 2 saturated heterocycles. The van der Waals surface area contributed by atoms with E-state index in [1.54, 1.807) is 0 Å². The molecule has 2 fully saturated rings. The van der Waals surface area contributed by atoms with E-state index in [-0.39, 0.29) is 0 Å². The highest BCUT2D eigenvalue weighted by molar-refractivity contribution is 8.06. The van der Waals surface area contributed by atoms with E-state index >= 15 is 0 Å². The molecular formula is C12H24N2S2. The van der Waals surface area contributed by atoms with Gasteiger partial charge in [0, 0.05) is 47.7 Å². The van der Waals surface area contributed by atoms with Gasteiger partial charge in [0.1, 0.15) is 0 Å². The molecule has 0 spiro atoms. The Hall–Kier alpha value is 0.620. The Bertz CT molecular complexity index is 205. The third kappa shape index (κ3) is 3.83. The molecule has 0 aliphatic carbocycles. The Kier molecular flexibility index (Phi) is 5.33. The van der Waals surface area contributed by atoms with Gasteiger partial charge in [0.2, 0.25) is 0 Å². The van der Waals surface area contributed by atoms with E-state index in [1.165, 1.54) is 43.3 Å². The van der Waals surface area contributed by atoms with Crippen molar-refractivity contribution in [2.75, 3.05) is 36.9 Å². The molecule has 1 N–H and O–H groups in total. The standard InChI is InChI=1S/C12H24N2S2/c1-10(2)14-4-3-11(8-14)13-7-12-9-15-5-6-16-12/h10-13H,3-9H2,1-2H3. The minimum Gasteiger partial charge on any atom is -0.312 e. The van der Waals surface area contributed by atoms with Gasteiger partial charge in [-0.05, 0) is 26.8 Å². The molecule has 0 saturated carbocycles. The smallest absolute Gasteiger partial charge is 0.0263 e. The Morgan fingerprint density at radius 1 is 1.38 bits per heavy atom. The SMILES string of the molecule is CC(C)N1CCC(NCC2CSCCS2)C1. The van der Waals surface area contributed by atoms with Crippen LogP contribution in [0.2, 0.25) is 0 Å². The lowest BCUT2D eigenvalue weighted by atomic mass is 10.2. The Balaban J connectivity index is 1.63. The van der Waals surface area contributed by atoms with E-state index in [0.717, 1.165) is 11.3 Å². The van der Waals surface area contributed by atoms with Gasteiger partial charge < -0.3 is 5.32 Å². The van der Waals surface area contributed by atoms with Gasteiger partial charge in [-0.15, -0.1) is 0 Å². The molecular weight excluding hydrogens is 236 g/mol. The summed E-state index contributed by atoms with van der Waals surface area (Å²) in [6.45, 7) is 8.35. The Morgan fingerprint density at radius 2 is 2.25 bits per heavy atom. The van der Waals surface area contributed by atoms with Crippen molar-refractivity contribution in [2.45, 2.75) is 37.6 Å². The van der Waals surface area contributed by atoms with Crippen LogP contribution in [0.3, 0.4) is 0 Å². The molecule has 2 aliphatic heterocycles. The molecule has 2 nitrogen and oxygen atoms in total. The van der Waals surface area contributed by atoms with Crippen LogP contribution in [0, 0.1) is 0 Å². The van der Waals surface area contributed by atoms with Crippen molar-refractivity contribution in [1.29, 1.82) is 0 Å². The van der Waals surface area contributed by atoms with Crippen molar-refractivity contribution in [3.63, 3.8) is 0 Å². The van der Waals surface area contributed by atoms with Gasteiger partial charge in [0.25, 0.3) is 0 Å². The van der Waals surface area contributed by atoms with Gasteiger partial charge in [-0.1, -0.05) is 0 Å². The van der Waals surface area contributed by atoms with Crippen LogP contribution in [0.15, 0.2) is 0 Å². The fourth-order valence-electron chi connectivity index (χ4n) is 2.38. The van der Waals surface area contributed by atoms with Crippen LogP contribution in [0.1, 0.15) is 20.3 Å². The van der Waals surface area contributed by atoms with Crippen molar-refractivity contribution < 1.29 is 0 Å². The molecule has 0 amide bonds. The van der Waals surface area contributed by atoms with Gasteiger partial charge in [-0.3, -0.25) is 4.90 Å². The monoisotopic (exact) mass is 260 g/mol. The number of thioether (sulfide) groups is 2. The zero-order chi connectivity index (χ0) is 11.4. The van der Waals surface area contributed by atoms with Crippen LogP contribution in [0.5, 0.6) is 0 Å². The Morgan fingerprint density at radius 3 is 2.88 bits per heavy atom. The summed E-state index contributed by atoms with van der Waals surface area (Å²) < 4.78 is 0. The molecule has 2 unspecified atom stereocenters. The summed E-state index contributed by atoms with van der Waals surface area (Å²) in [6, 6.07) is 1.46. The topological polar surface area (TPSA) is 15.3 Å². The van der Waals surface area contributed by atoms with Gasteiger partial charge in [-0.25, -0.2) is 0 Å². The lowest BCUT2D eigenvalue weighted by Gasteiger charge is -2.24. The van der Waals surface area contributed by atoms with Crippen molar-refractivity contribution >= 4 is 23.5 Å². The maximum Gasteiger partial charge on any atom is 0.0263 e. The first-order valence-electron chi connectivity index (χ1n) is 6.42. The molecule has 16 heavy (non-hydrogen) atoms. The number of likely N-dealkylation sites (tertiary alicyclic amines) is 1. The molecule has 2 atom stereocenters. The lowest BCUT2D eigenvalue weighted by molar-refractivity contribution is 0.268. The molecule has 94 valence electrons. The predicted octanol–water partition coefficient (Wildman–Crippen LogP) is 1.91. The lowest BCUT2D eigenvalue weighted by Crippen LogP contribution is -2.39. The van der Waals surface area contributed by atoms with Crippen LogP contribution in [-0.4, -0.2) is 59.1 Å². The third-order valence-electron chi connectivity index (χ3n) is 3.47. The fraction of sp³-hybridized carbons (Fsp3) is 1.00. The largest absolute Gasteiger partial charge is 0.312 e. The summed E-state index contributed by atoms with van der Waals surface area (Å²) in [5, 5.41) is 4.61. The first-order valence-corrected chi connectivity index (χ1v) is 8.63. The summed E-state index contributed by atoms with van der Waals surface area (Å²) >= 11 is 4.28. The quantitative estimate of drug-likeness (QED) is 0.830. The molecule has 0 aromatic rings. The van der Waals surface area contributed by atoms with Crippen molar-refractivity contribution in [3.8, 4) is 0 Å². The minimum atomic E-state index is 0.714. The van der Waals surface area contributed by atoms with Crippen molar-refractivity contribution in [3.05, 3.63) is 0 Å².